The first-order valence-electron chi connectivity index (χ1n) is 5.36. The molecular weight excluding hydrogens is 208 g/mol. The summed E-state index contributed by atoms with van der Waals surface area (Å²) in [5.41, 5.74) is -0.834. The van der Waals surface area contributed by atoms with E-state index < -0.39 is 11.2 Å². The molecule has 1 aliphatic rings. The molecule has 1 N–H and O–H groups in total. The molecule has 0 aliphatic heterocycles. The van der Waals surface area contributed by atoms with Gasteiger partial charge in [-0.25, -0.2) is 4.79 Å². The Labute approximate surface area is 92.1 Å². The zero-order chi connectivity index (χ0) is 11.9. The van der Waals surface area contributed by atoms with Crippen molar-refractivity contribution in [2.45, 2.75) is 32.7 Å². The van der Waals surface area contributed by atoms with Crippen LogP contribution in [0.4, 0.5) is 0 Å². The Bertz CT molecular complexity index is 535. The molecule has 1 aromatic rings. The van der Waals surface area contributed by atoms with E-state index in [1.165, 1.54) is 17.7 Å². The van der Waals surface area contributed by atoms with E-state index in [4.69, 9.17) is 0 Å². The summed E-state index contributed by atoms with van der Waals surface area (Å²) in [6.07, 6.45) is 2.85. The summed E-state index contributed by atoms with van der Waals surface area (Å²) in [4.78, 5) is 37.1. The molecule has 0 radical (unpaired) electrons. The van der Waals surface area contributed by atoms with Gasteiger partial charge in [0, 0.05) is 12.2 Å². The first-order valence-corrected chi connectivity index (χ1v) is 5.36. The number of carbonyl (C=O) groups excluding carboxylic acids is 1. The Morgan fingerprint density at radius 1 is 1.44 bits per heavy atom. The molecule has 1 aromatic heterocycles. The van der Waals surface area contributed by atoms with Gasteiger partial charge in [-0.05, 0) is 25.7 Å². The number of hydrogen-bond acceptors (Lipinski definition) is 3. The summed E-state index contributed by atoms with van der Waals surface area (Å²) in [6.45, 7) is 3.40. The fraction of sp³-hybridized carbons (Fsp3) is 0.545. The van der Waals surface area contributed by atoms with E-state index >= 15 is 0 Å². The Balaban J connectivity index is 2.52. The molecule has 5 nitrogen and oxygen atoms in total. The molecule has 1 fully saturated rings. The van der Waals surface area contributed by atoms with Crippen molar-refractivity contribution in [2.75, 3.05) is 0 Å². The SMILES string of the molecule is CC(=O)c1c[nH]c(=O)n(C2CC(C)C2)c1=O. The second-order valence-corrected chi connectivity index (χ2v) is 4.47. The molecule has 0 atom stereocenters. The Morgan fingerprint density at radius 2 is 2.06 bits per heavy atom. The molecule has 1 saturated carbocycles. The van der Waals surface area contributed by atoms with Crippen molar-refractivity contribution in [3.8, 4) is 0 Å². The largest absolute Gasteiger partial charge is 0.328 e. The summed E-state index contributed by atoms with van der Waals surface area (Å²) in [7, 11) is 0. The molecule has 0 aromatic carbocycles. The highest BCUT2D eigenvalue weighted by Gasteiger charge is 2.29. The maximum atomic E-state index is 11.9. The maximum absolute atomic E-state index is 11.9. The lowest BCUT2D eigenvalue weighted by Gasteiger charge is -2.33. The number of rotatable bonds is 2. The molecule has 16 heavy (non-hydrogen) atoms. The lowest BCUT2D eigenvalue weighted by molar-refractivity contribution is 0.101. The predicted octanol–water partition coefficient (Wildman–Crippen LogP) is 0.710. The van der Waals surface area contributed by atoms with Crippen LogP contribution >= 0.6 is 0 Å². The van der Waals surface area contributed by atoms with Gasteiger partial charge in [-0.3, -0.25) is 14.2 Å². The third-order valence-corrected chi connectivity index (χ3v) is 3.10. The van der Waals surface area contributed by atoms with Crippen LogP contribution in [0.1, 0.15) is 43.1 Å². The zero-order valence-electron chi connectivity index (χ0n) is 9.32. The van der Waals surface area contributed by atoms with Crippen LogP contribution in [0.3, 0.4) is 0 Å². The highest BCUT2D eigenvalue weighted by Crippen LogP contribution is 2.35. The minimum Gasteiger partial charge on any atom is -0.313 e. The van der Waals surface area contributed by atoms with Gasteiger partial charge in [-0.15, -0.1) is 0 Å². The normalized spacial score (nSPS) is 23.9. The van der Waals surface area contributed by atoms with Crippen LogP contribution in [0, 0.1) is 5.92 Å². The van der Waals surface area contributed by atoms with Crippen molar-refractivity contribution in [3.63, 3.8) is 0 Å². The Morgan fingerprint density at radius 3 is 2.56 bits per heavy atom. The fourth-order valence-electron chi connectivity index (χ4n) is 2.14. The fourth-order valence-corrected chi connectivity index (χ4v) is 2.14. The van der Waals surface area contributed by atoms with Crippen molar-refractivity contribution in [2.24, 2.45) is 5.92 Å². The summed E-state index contributed by atoms with van der Waals surface area (Å²) in [6, 6.07) is -0.0504. The summed E-state index contributed by atoms with van der Waals surface area (Å²) in [5, 5.41) is 0. The molecule has 86 valence electrons. The zero-order valence-corrected chi connectivity index (χ0v) is 9.32. The topological polar surface area (TPSA) is 71.9 Å². The van der Waals surface area contributed by atoms with Gasteiger partial charge in [-0.2, -0.15) is 0 Å². The van der Waals surface area contributed by atoms with Crippen molar-refractivity contribution in [1.82, 2.24) is 9.55 Å². The number of nitrogens with zero attached hydrogens (tertiary/aromatic N) is 1. The second kappa shape index (κ2) is 3.73. The van der Waals surface area contributed by atoms with Crippen LogP contribution in [-0.2, 0) is 0 Å². The molecule has 1 aliphatic carbocycles. The van der Waals surface area contributed by atoms with Gasteiger partial charge >= 0.3 is 5.69 Å². The molecule has 0 saturated heterocycles. The number of aromatic nitrogens is 2. The molecule has 0 amide bonds. The lowest BCUT2D eigenvalue weighted by Crippen LogP contribution is -2.44. The van der Waals surface area contributed by atoms with Gasteiger partial charge in [0.1, 0.15) is 0 Å². The van der Waals surface area contributed by atoms with Gasteiger partial charge < -0.3 is 4.98 Å². The number of aromatic amines is 1. The van der Waals surface area contributed by atoms with E-state index in [2.05, 4.69) is 11.9 Å². The summed E-state index contributed by atoms with van der Waals surface area (Å²) in [5.74, 6) is 0.222. The van der Waals surface area contributed by atoms with Gasteiger partial charge in [0.05, 0.1) is 5.56 Å². The number of nitrogens with one attached hydrogen (secondary N) is 1. The van der Waals surface area contributed by atoms with Gasteiger partial charge in [0.2, 0.25) is 0 Å². The second-order valence-electron chi connectivity index (χ2n) is 4.47. The maximum Gasteiger partial charge on any atom is 0.328 e. The Kier molecular flexibility index (Phi) is 2.53. The van der Waals surface area contributed by atoms with E-state index in [0.29, 0.717) is 5.92 Å². The van der Waals surface area contributed by atoms with Crippen molar-refractivity contribution < 1.29 is 4.79 Å². The Hall–Kier alpha value is -1.65. The molecule has 0 unspecified atom stereocenters. The van der Waals surface area contributed by atoms with E-state index in [-0.39, 0.29) is 17.4 Å². The smallest absolute Gasteiger partial charge is 0.313 e. The minimum atomic E-state index is -0.465. The molecular formula is C11H14N2O3. The van der Waals surface area contributed by atoms with Crippen LogP contribution < -0.4 is 11.2 Å². The third kappa shape index (κ3) is 1.62. The van der Waals surface area contributed by atoms with Gasteiger partial charge in [0.25, 0.3) is 5.56 Å². The number of H-pyrrole nitrogens is 1. The average Bonchev–Trinajstić information content (AvgIpc) is 2.14. The molecule has 1 heterocycles. The van der Waals surface area contributed by atoms with Crippen molar-refractivity contribution >= 4 is 5.78 Å². The number of carbonyl (C=O) groups is 1. The minimum absolute atomic E-state index is 0.0504. The highest BCUT2D eigenvalue weighted by atomic mass is 16.2. The van der Waals surface area contributed by atoms with Crippen LogP contribution in [0.25, 0.3) is 0 Å². The van der Waals surface area contributed by atoms with Gasteiger partial charge in [-0.1, -0.05) is 6.92 Å². The van der Waals surface area contributed by atoms with E-state index in [1.807, 2.05) is 0 Å². The quantitative estimate of drug-likeness (QED) is 0.749. The van der Waals surface area contributed by atoms with E-state index in [1.54, 1.807) is 0 Å². The first-order chi connectivity index (χ1) is 7.50. The van der Waals surface area contributed by atoms with Gasteiger partial charge in [0.15, 0.2) is 5.78 Å². The molecule has 0 bridgehead atoms. The highest BCUT2D eigenvalue weighted by molar-refractivity contribution is 5.93. The number of Topliss-reactive ketones (excluding diaryl/α,β-unsaturated/α-hetero) is 1. The number of ketones is 1. The first kappa shape index (κ1) is 10.9. The predicted molar refractivity (Wildman–Crippen MR) is 58.8 cm³/mol. The summed E-state index contributed by atoms with van der Waals surface area (Å²) < 4.78 is 1.18. The number of hydrogen-bond donors (Lipinski definition) is 1. The standard InChI is InChI=1S/C11H14N2O3/c1-6-3-8(4-6)13-10(15)9(7(2)14)5-12-11(13)16/h5-6,8H,3-4H2,1-2H3,(H,12,16). The van der Waals surface area contributed by atoms with Crippen molar-refractivity contribution in [1.29, 1.82) is 0 Å². The van der Waals surface area contributed by atoms with Crippen LogP contribution in [-0.4, -0.2) is 15.3 Å². The van der Waals surface area contributed by atoms with Crippen LogP contribution in [0.5, 0.6) is 0 Å². The molecule has 5 heteroatoms. The average molecular weight is 222 g/mol. The summed E-state index contributed by atoms with van der Waals surface area (Å²) >= 11 is 0. The van der Waals surface area contributed by atoms with Crippen molar-refractivity contribution in [3.05, 3.63) is 32.6 Å². The van der Waals surface area contributed by atoms with E-state index in [0.717, 1.165) is 12.8 Å². The molecule has 2 rings (SSSR count). The third-order valence-electron chi connectivity index (χ3n) is 3.10. The van der Waals surface area contributed by atoms with Crippen LogP contribution in [0.2, 0.25) is 0 Å². The lowest BCUT2D eigenvalue weighted by atomic mass is 9.81. The van der Waals surface area contributed by atoms with E-state index in [9.17, 15) is 14.4 Å². The monoisotopic (exact) mass is 222 g/mol. The molecule has 0 spiro atoms. The van der Waals surface area contributed by atoms with Crippen LogP contribution in [0.15, 0.2) is 15.8 Å².